The summed E-state index contributed by atoms with van der Waals surface area (Å²) in [5.41, 5.74) is -0.256. The van der Waals surface area contributed by atoms with Crippen molar-refractivity contribution in [2.75, 3.05) is 25.1 Å². The summed E-state index contributed by atoms with van der Waals surface area (Å²) < 4.78 is 4.97. The quantitative estimate of drug-likeness (QED) is 0.549. The minimum atomic E-state index is -1.26. The van der Waals surface area contributed by atoms with Gasteiger partial charge in [0.2, 0.25) is 0 Å². The molecule has 0 amide bonds. The Bertz CT molecular complexity index is 528. The van der Waals surface area contributed by atoms with Gasteiger partial charge in [-0.05, 0) is 6.07 Å². The molecule has 0 aromatic heterocycles. The molecular formula is C11H12N2O7. The monoisotopic (exact) mass is 284 g/mol. The smallest absolute Gasteiger partial charge is 0.323 e. The van der Waals surface area contributed by atoms with Crippen LogP contribution in [0.5, 0.6) is 5.75 Å². The first-order valence-electron chi connectivity index (χ1n) is 5.36. The summed E-state index contributed by atoms with van der Waals surface area (Å²) in [5, 5.41) is 28.3. The lowest BCUT2D eigenvalue weighted by atomic mass is 10.2. The molecule has 1 aromatic carbocycles. The average Bonchev–Trinajstić information content (AvgIpc) is 2.36. The van der Waals surface area contributed by atoms with Crippen molar-refractivity contribution in [2.24, 2.45) is 0 Å². The summed E-state index contributed by atoms with van der Waals surface area (Å²) in [6, 6.07) is 3.54. The van der Waals surface area contributed by atoms with E-state index in [4.69, 9.17) is 14.9 Å². The Balaban J connectivity index is 3.27. The number of methoxy groups -OCH3 is 1. The summed E-state index contributed by atoms with van der Waals surface area (Å²) in [5.74, 6) is -2.38. The first-order valence-corrected chi connectivity index (χ1v) is 5.36. The highest BCUT2D eigenvalue weighted by atomic mass is 16.6. The number of carbonyl (C=O) groups is 2. The van der Waals surface area contributed by atoms with E-state index >= 15 is 0 Å². The van der Waals surface area contributed by atoms with Crippen molar-refractivity contribution in [3.05, 3.63) is 28.3 Å². The Kier molecular flexibility index (Phi) is 4.84. The number of carboxylic acids is 2. The molecule has 0 aliphatic carbocycles. The summed E-state index contributed by atoms with van der Waals surface area (Å²) in [6.45, 7) is -1.24. The van der Waals surface area contributed by atoms with Gasteiger partial charge >= 0.3 is 11.9 Å². The second-order valence-electron chi connectivity index (χ2n) is 3.76. The highest BCUT2D eigenvalue weighted by molar-refractivity contribution is 5.81. The van der Waals surface area contributed by atoms with Crippen LogP contribution in [0.4, 0.5) is 11.4 Å². The molecule has 0 saturated carbocycles. The maximum atomic E-state index is 10.8. The summed E-state index contributed by atoms with van der Waals surface area (Å²) >= 11 is 0. The lowest BCUT2D eigenvalue weighted by Crippen LogP contribution is -2.34. The maximum Gasteiger partial charge on any atom is 0.323 e. The zero-order valence-corrected chi connectivity index (χ0v) is 10.5. The van der Waals surface area contributed by atoms with Crippen LogP contribution in [-0.4, -0.2) is 47.3 Å². The Morgan fingerprint density at radius 1 is 1.30 bits per heavy atom. The number of benzene rings is 1. The van der Waals surface area contributed by atoms with Crippen molar-refractivity contribution >= 4 is 23.3 Å². The van der Waals surface area contributed by atoms with Gasteiger partial charge in [-0.2, -0.15) is 0 Å². The largest absolute Gasteiger partial charge is 0.495 e. The van der Waals surface area contributed by atoms with E-state index in [1.54, 1.807) is 0 Å². The zero-order chi connectivity index (χ0) is 15.3. The van der Waals surface area contributed by atoms with Gasteiger partial charge in [0.05, 0.1) is 17.7 Å². The van der Waals surface area contributed by atoms with Gasteiger partial charge in [-0.25, -0.2) is 0 Å². The summed E-state index contributed by atoms with van der Waals surface area (Å²) in [6.07, 6.45) is 0. The number of rotatable bonds is 7. The first-order chi connectivity index (χ1) is 9.35. The van der Waals surface area contributed by atoms with Gasteiger partial charge < -0.3 is 19.8 Å². The van der Waals surface area contributed by atoms with Crippen molar-refractivity contribution in [2.45, 2.75) is 0 Å². The molecule has 20 heavy (non-hydrogen) atoms. The number of hydrogen-bond acceptors (Lipinski definition) is 6. The zero-order valence-electron chi connectivity index (χ0n) is 10.5. The molecule has 0 aliphatic rings. The third-order valence-corrected chi connectivity index (χ3v) is 2.37. The van der Waals surface area contributed by atoms with Crippen LogP contribution in [0, 0.1) is 10.1 Å². The number of nitrogens with zero attached hydrogens (tertiary/aromatic N) is 2. The van der Waals surface area contributed by atoms with Crippen LogP contribution >= 0.6 is 0 Å². The maximum absolute atomic E-state index is 10.8. The van der Waals surface area contributed by atoms with E-state index in [1.165, 1.54) is 19.2 Å². The molecule has 0 radical (unpaired) electrons. The number of nitro benzene ring substituents is 1. The Hall–Kier alpha value is -2.84. The van der Waals surface area contributed by atoms with Crippen molar-refractivity contribution < 1.29 is 29.5 Å². The van der Waals surface area contributed by atoms with Crippen molar-refractivity contribution in [3.63, 3.8) is 0 Å². The van der Waals surface area contributed by atoms with Gasteiger partial charge in [0, 0.05) is 12.1 Å². The second kappa shape index (κ2) is 6.36. The molecule has 9 heteroatoms. The highest BCUT2D eigenvalue weighted by Crippen LogP contribution is 2.32. The molecule has 9 nitrogen and oxygen atoms in total. The number of ether oxygens (including phenoxy) is 1. The molecule has 0 heterocycles. The van der Waals surface area contributed by atoms with Gasteiger partial charge in [0.25, 0.3) is 5.69 Å². The predicted octanol–water partition coefficient (Wildman–Crippen LogP) is 0.579. The third kappa shape index (κ3) is 3.83. The molecule has 1 aromatic rings. The van der Waals surface area contributed by atoms with Gasteiger partial charge in [-0.15, -0.1) is 0 Å². The number of hydrogen-bond donors (Lipinski definition) is 2. The van der Waals surface area contributed by atoms with Crippen LogP contribution in [0.2, 0.25) is 0 Å². The average molecular weight is 284 g/mol. The lowest BCUT2D eigenvalue weighted by Gasteiger charge is -2.22. The van der Waals surface area contributed by atoms with E-state index in [0.29, 0.717) is 0 Å². The lowest BCUT2D eigenvalue weighted by molar-refractivity contribution is -0.384. The molecule has 0 saturated heterocycles. The minimum absolute atomic E-state index is 0.0338. The van der Waals surface area contributed by atoms with E-state index in [1.807, 2.05) is 0 Å². The van der Waals surface area contributed by atoms with Gasteiger partial charge in [0.15, 0.2) is 0 Å². The van der Waals surface area contributed by atoms with Crippen molar-refractivity contribution in [1.82, 2.24) is 0 Å². The van der Waals surface area contributed by atoms with Crippen molar-refractivity contribution in [1.29, 1.82) is 0 Å². The number of carboxylic acid groups (broad SMARTS) is 2. The summed E-state index contributed by atoms with van der Waals surface area (Å²) in [7, 11) is 1.30. The van der Waals surface area contributed by atoms with Crippen LogP contribution in [0.3, 0.4) is 0 Å². The van der Waals surface area contributed by atoms with E-state index in [-0.39, 0.29) is 17.1 Å². The molecule has 0 spiro atoms. The Labute approximate surface area is 113 Å². The van der Waals surface area contributed by atoms with Gasteiger partial charge in [-0.3, -0.25) is 19.7 Å². The molecule has 0 fully saturated rings. The van der Waals surface area contributed by atoms with Gasteiger partial charge in [0.1, 0.15) is 18.8 Å². The van der Waals surface area contributed by atoms with E-state index in [2.05, 4.69) is 0 Å². The van der Waals surface area contributed by atoms with Crippen LogP contribution in [0.25, 0.3) is 0 Å². The predicted molar refractivity (Wildman–Crippen MR) is 67.1 cm³/mol. The normalized spacial score (nSPS) is 9.85. The highest BCUT2D eigenvalue weighted by Gasteiger charge is 2.21. The van der Waals surface area contributed by atoms with E-state index < -0.39 is 30.0 Å². The topological polar surface area (TPSA) is 130 Å². The van der Waals surface area contributed by atoms with E-state index in [9.17, 15) is 19.7 Å². The standard InChI is InChI=1S/C11H12N2O7/c1-20-9-3-2-7(13(18)19)4-8(9)12(5-10(14)15)6-11(16)17/h2-4H,5-6H2,1H3,(H,14,15)(H,16,17). The molecule has 0 unspecified atom stereocenters. The molecule has 0 atom stereocenters. The van der Waals surface area contributed by atoms with Crippen LogP contribution in [-0.2, 0) is 9.59 Å². The number of aliphatic carboxylic acids is 2. The first kappa shape index (κ1) is 15.2. The number of nitro groups is 1. The fourth-order valence-corrected chi connectivity index (χ4v) is 1.59. The molecular weight excluding hydrogens is 272 g/mol. The molecule has 0 bridgehead atoms. The molecule has 108 valence electrons. The van der Waals surface area contributed by atoms with Crippen LogP contribution < -0.4 is 9.64 Å². The Morgan fingerprint density at radius 2 is 1.85 bits per heavy atom. The Morgan fingerprint density at radius 3 is 2.25 bits per heavy atom. The fraction of sp³-hybridized carbons (Fsp3) is 0.273. The SMILES string of the molecule is COc1ccc([N+](=O)[O-])cc1N(CC(=O)O)CC(=O)O. The van der Waals surface area contributed by atoms with E-state index in [0.717, 1.165) is 11.0 Å². The van der Waals surface area contributed by atoms with Gasteiger partial charge in [-0.1, -0.05) is 0 Å². The molecule has 0 aliphatic heterocycles. The molecule has 1 rings (SSSR count). The third-order valence-electron chi connectivity index (χ3n) is 2.37. The number of non-ortho nitro benzene ring substituents is 1. The molecule has 2 N–H and O–H groups in total. The fourth-order valence-electron chi connectivity index (χ4n) is 1.59. The number of anilines is 1. The van der Waals surface area contributed by atoms with Crippen molar-refractivity contribution in [3.8, 4) is 5.75 Å². The van der Waals surface area contributed by atoms with Crippen LogP contribution in [0.15, 0.2) is 18.2 Å². The minimum Gasteiger partial charge on any atom is -0.495 e. The van der Waals surface area contributed by atoms with Crippen LogP contribution in [0.1, 0.15) is 0 Å². The second-order valence-corrected chi connectivity index (χ2v) is 3.76. The summed E-state index contributed by atoms with van der Waals surface area (Å²) in [4.78, 5) is 32.6.